The van der Waals surface area contributed by atoms with Gasteiger partial charge in [0.1, 0.15) is 5.75 Å². The molecule has 0 saturated carbocycles. The van der Waals surface area contributed by atoms with Crippen LogP contribution in [-0.2, 0) is 21.2 Å². The monoisotopic (exact) mass is 481 g/mol. The standard InChI is InChI=1S/C25H27N3O5S/c1-17-13-14-19(34(31,32)28(3)22-11-7-8-12-23(22)33-4)16-20(17)25(30)27-21-10-6-5-9-18(21)15-24(29)26-2/h5-14,16H,15H2,1-4H3,(H,26,29)(H,27,30). The van der Waals surface area contributed by atoms with Gasteiger partial charge in [0.2, 0.25) is 5.91 Å². The van der Waals surface area contributed by atoms with Crippen LogP contribution in [0.4, 0.5) is 11.4 Å². The third-order valence-corrected chi connectivity index (χ3v) is 7.20. The molecule has 2 amide bonds. The molecule has 0 unspecified atom stereocenters. The number of carbonyl (C=O) groups excluding carboxylic acids is 2. The summed E-state index contributed by atoms with van der Waals surface area (Å²) in [5.74, 6) is -0.254. The van der Waals surface area contributed by atoms with Crippen LogP contribution < -0.4 is 19.7 Å². The molecule has 0 aliphatic carbocycles. The molecule has 0 fully saturated rings. The first-order chi connectivity index (χ1) is 16.2. The van der Waals surface area contributed by atoms with Gasteiger partial charge in [-0.3, -0.25) is 13.9 Å². The van der Waals surface area contributed by atoms with Gasteiger partial charge in [0.25, 0.3) is 15.9 Å². The zero-order chi connectivity index (χ0) is 24.9. The molecule has 178 valence electrons. The summed E-state index contributed by atoms with van der Waals surface area (Å²) in [5, 5.41) is 5.37. The Morgan fingerprint density at radius 1 is 1.00 bits per heavy atom. The molecule has 0 bridgehead atoms. The normalized spacial score (nSPS) is 10.9. The first-order valence-corrected chi connectivity index (χ1v) is 12.0. The average Bonchev–Trinajstić information content (AvgIpc) is 2.84. The Balaban J connectivity index is 1.94. The summed E-state index contributed by atoms with van der Waals surface area (Å²) in [6, 6.07) is 18.2. The van der Waals surface area contributed by atoms with Gasteiger partial charge >= 0.3 is 0 Å². The van der Waals surface area contributed by atoms with Crippen molar-refractivity contribution in [2.24, 2.45) is 0 Å². The number of ether oxygens (including phenoxy) is 1. The summed E-state index contributed by atoms with van der Waals surface area (Å²) in [6.07, 6.45) is 0.101. The van der Waals surface area contributed by atoms with Gasteiger partial charge < -0.3 is 15.4 Å². The molecular formula is C25H27N3O5S. The average molecular weight is 482 g/mol. The van der Waals surface area contributed by atoms with Crippen molar-refractivity contribution in [2.75, 3.05) is 30.8 Å². The van der Waals surface area contributed by atoms with E-state index in [1.165, 1.54) is 26.3 Å². The second-order valence-corrected chi connectivity index (χ2v) is 9.55. The molecule has 3 rings (SSSR count). The maximum atomic E-state index is 13.3. The molecule has 0 aromatic heterocycles. The number of methoxy groups -OCH3 is 1. The number of hydrogen-bond acceptors (Lipinski definition) is 5. The van der Waals surface area contributed by atoms with E-state index in [1.807, 2.05) is 0 Å². The van der Waals surface area contributed by atoms with Crippen LogP contribution in [0.1, 0.15) is 21.5 Å². The van der Waals surface area contributed by atoms with Crippen molar-refractivity contribution >= 4 is 33.2 Å². The second kappa shape index (κ2) is 10.4. The lowest BCUT2D eigenvalue weighted by atomic mass is 10.1. The van der Waals surface area contributed by atoms with Gasteiger partial charge in [-0.15, -0.1) is 0 Å². The van der Waals surface area contributed by atoms with Crippen LogP contribution in [0.25, 0.3) is 0 Å². The van der Waals surface area contributed by atoms with E-state index in [-0.39, 0.29) is 22.8 Å². The van der Waals surface area contributed by atoms with Crippen LogP contribution >= 0.6 is 0 Å². The van der Waals surface area contributed by atoms with Crippen molar-refractivity contribution < 1.29 is 22.7 Å². The van der Waals surface area contributed by atoms with Crippen LogP contribution in [0, 0.1) is 6.92 Å². The molecule has 0 spiro atoms. The van der Waals surface area contributed by atoms with Gasteiger partial charge in [-0.1, -0.05) is 36.4 Å². The Bertz CT molecular complexity index is 1320. The lowest BCUT2D eigenvalue weighted by Crippen LogP contribution is -2.27. The maximum absolute atomic E-state index is 13.3. The molecule has 34 heavy (non-hydrogen) atoms. The van der Waals surface area contributed by atoms with E-state index >= 15 is 0 Å². The fraction of sp³-hybridized carbons (Fsp3) is 0.200. The van der Waals surface area contributed by atoms with Gasteiger partial charge in [-0.05, 0) is 48.4 Å². The minimum Gasteiger partial charge on any atom is -0.495 e. The lowest BCUT2D eigenvalue weighted by Gasteiger charge is -2.22. The smallest absolute Gasteiger partial charge is 0.264 e. The maximum Gasteiger partial charge on any atom is 0.264 e. The van der Waals surface area contributed by atoms with Crippen molar-refractivity contribution in [3.8, 4) is 5.75 Å². The van der Waals surface area contributed by atoms with Crippen LogP contribution in [0.2, 0.25) is 0 Å². The molecular weight excluding hydrogens is 454 g/mol. The van der Waals surface area contributed by atoms with Crippen LogP contribution in [0.15, 0.2) is 71.6 Å². The van der Waals surface area contributed by atoms with Crippen LogP contribution in [0.3, 0.4) is 0 Å². The van der Waals surface area contributed by atoms with Gasteiger partial charge in [-0.2, -0.15) is 0 Å². The van der Waals surface area contributed by atoms with E-state index in [0.717, 1.165) is 4.31 Å². The summed E-state index contributed by atoms with van der Waals surface area (Å²) < 4.78 is 33.1. The Morgan fingerprint density at radius 2 is 1.68 bits per heavy atom. The molecule has 0 aliphatic heterocycles. The summed E-state index contributed by atoms with van der Waals surface area (Å²) >= 11 is 0. The number of carbonyl (C=O) groups is 2. The molecule has 0 saturated heterocycles. The van der Waals surface area contributed by atoms with Crippen molar-refractivity contribution in [1.82, 2.24) is 5.32 Å². The zero-order valence-corrected chi connectivity index (χ0v) is 20.3. The quantitative estimate of drug-likeness (QED) is 0.513. The van der Waals surface area contributed by atoms with Gasteiger partial charge in [-0.25, -0.2) is 8.42 Å². The number of amides is 2. The molecule has 2 N–H and O–H groups in total. The molecule has 3 aromatic rings. The number of benzene rings is 3. The van der Waals surface area contributed by atoms with Crippen molar-refractivity contribution in [3.63, 3.8) is 0 Å². The van der Waals surface area contributed by atoms with Gasteiger partial charge in [0.15, 0.2) is 0 Å². The Hall–Kier alpha value is -3.85. The van der Waals surface area contributed by atoms with Crippen molar-refractivity contribution in [3.05, 3.63) is 83.4 Å². The topological polar surface area (TPSA) is 105 Å². The first-order valence-electron chi connectivity index (χ1n) is 10.5. The molecule has 0 radical (unpaired) electrons. The second-order valence-electron chi connectivity index (χ2n) is 7.58. The van der Waals surface area contributed by atoms with Crippen molar-refractivity contribution in [1.29, 1.82) is 0 Å². The number of nitrogens with zero attached hydrogens (tertiary/aromatic N) is 1. The Labute approximate surface area is 199 Å². The SMILES string of the molecule is CNC(=O)Cc1ccccc1NC(=O)c1cc(S(=O)(=O)N(C)c2ccccc2OC)ccc1C. The highest BCUT2D eigenvalue weighted by atomic mass is 32.2. The molecule has 0 heterocycles. The third kappa shape index (κ3) is 5.20. The van der Waals surface area contributed by atoms with Crippen molar-refractivity contribution in [2.45, 2.75) is 18.2 Å². The fourth-order valence-electron chi connectivity index (χ4n) is 3.43. The number of likely N-dealkylation sites (N-methyl/N-ethyl adjacent to an activating group) is 1. The molecule has 3 aromatic carbocycles. The number of hydrogen-bond donors (Lipinski definition) is 2. The molecule has 9 heteroatoms. The Kier molecular flexibility index (Phi) is 7.57. The highest BCUT2D eigenvalue weighted by molar-refractivity contribution is 7.92. The van der Waals surface area contributed by atoms with Gasteiger partial charge in [0.05, 0.1) is 24.1 Å². The number of nitrogens with one attached hydrogen (secondary N) is 2. The zero-order valence-electron chi connectivity index (χ0n) is 19.5. The predicted octanol–water partition coefficient (Wildman–Crippen LogP) is 3.37. The number of rotatable bonds is 8. The number of anilines is 2. The first kappa shape index (κ1) is 24.8. The summed E-state index contributed by atoms with van der Waals surface area (Å²) in [6.45, 7) is 1.73. The molecule has 8 nitrogen and oxygen atoms in total. The largest absolute Gasteiger partial charge is 0.495 e. The molecule has 0 atom stereocenters. The van der Waals surface area contributed by atoms with E-state index in [1.54, 1.807) is 68.6 Å². The minimum absolute atomic E-state index is 0.0321. The fourth-order valence-corrected chi connectivity index (χ4v) is 4.66. The summed E-state index contributed by atoms with van der Waals surface area (Å²) in [7, 11) is 0.465. The van der Waals surface area contributed by atoms with E-state index in [4.69, 9.17) is 4.74 Å². The third-order valence-electron chi connectivity index (χ3n) is 5.43. The number of sulfonamides is 1. The van der Waals surface area contributed by atoms with Crippen LogP contribution in [-0.4, -0.2) is 41.4 Å². The van der Waals surface area contributed by atoms with E-state index in [9.17, 15) is 18.0 Å². The minimum atomic E-state index is -3.98. The highest BCUT2D eigenvalue weighted by Gasteiger charge is 2.25. The van der Waals surface area contributed by atoms with E-state index < -0.39 is 15.9 Å². The lowest BCUT2D eigenvalue weighted by molar-refractivity contribution is -0.119. The number of aryl methyl sites for hydroxylation is 1. The van der Waals surface area contributed by atoms with E-state index in [0.29, 0.717) is 28.3 Å². The number of para-hydroxylation sites is 3. The van der Waals surface area contributed by atoms with E-state index in [2.05, 4.69) is 10.6 Å². The molecule has 0 aliphatic rings. The van der Waals surface area contributed by atoms with Crippen LogP contribution in [0.5, 0.6) is 5.75 Å². The highest BCUT2D eigenvalue weighted by Crippen LogP contribution is 2.31. The predicted molar refractivity (Wildman–Crippen MR) is 132 cm³/mol. The Morgan fingerprint density at radius 3 is 2.38 bits per heavy atom. The van der Waals surface area contributed by atoms with Gasteiger partial charge in [0, 0.05) is 25.3 Å². The summed E-state index contributed by atoms with van der Waals surface area (Å²) in [5.41, 5.74) is 2.33. The summed E-state index contributed by atoms with van der Waals surface area (Å²) in [4.78, 5) is 24.9.